The molecular weight excluding hydrogens is 308 g/mol. The molecule has 4 heteroatoms. The highest BCUT2D eigenvalue weighted by Crippen LogP contribution is 2.44. The van der Waals surface area contributed by atoms with E-state index in [9.17, 15) is 4.79 Å². The first-order valence-electron chi connectivity index (χ1n) is 7.46. The van der Waals surface area contributed by atoms with Gasteiger partial charge in [-0.1, -0.05) is 43.3 Å². The van der Waals surface area contributed by atoms with E-state index < -0.39 is 0 Å². The largest absolute Gasteiger partial charge is 0.330 e. The normalized spacial score (nSPS) is 14.7. The summed E-state index contributed by atoms with van der Waals surface area (Å²) >= 11 is 0. The summed E-state index contributed by atoms with van der Waals surface area (Å²) in [7, 11) is 0. The summed E-state index contributed by atoms with van der Waals surface area (Å²) in [4.78, 5) is 16.4. The molecule has 3 nitrogen and oxygen atoms in total. The number of hydrogen-bond donors (Lipinski definition) is 0. The number of nitrogens with zero attached hydrogens (tertiary/aromatic N) is 2. The molecule has 1 unspecified atom stereocenters. The molecule has 0 bridgehead atoms. The van der Waals surface area contributed by atoms with Crippen LogP contribution in [0, 0.1) is 0 Å². The molecule has 1 aliphatic carbocycles. The lowest BCUT2D eigenvalue weighted by atomic mass is 9.96. The summed E-state index contributed by atoms with van der Waals surface area (Å²) in [6.45, 7) is 2.54. The Labute approximate surface area is 141 Å². The van der Waals surface area contributed by atoms with E-state index >= 15 is 0 Å². The maximum atomic E-state index is 12.4. The van der Waals surface area contributed by atoms with Gasteiger partial charge in [-0.25, -0.2) is 4.98 Å². The molecule has 0 aliphatic heterocycles. The summed E-state index contributed by atoms with van der Waals surface area (Å²) in [5, 5.41) is 0. The Morgan fingerprint density at radius 3 is 2.70 bits per heavy atom. The van der Waals surface area contributed by atoms with Gasteiger partial charge in [0.15, 0.2) is 5.78 Å². The zero-order valence-electron chi connectivity index (χ0n) is 12.8. The summed E-state index contributed by atoms with van der Waals surface area (Å²) in [5.74, 6) is 0.455. The summed E-state index contributed by atoms with van der Waals surface area (Å²) in [5.41, 5.74) is 5.90. The third-order valence-electron chi connectivity index (χ3n) is 4.44. The third-order valence-corrected chi connectivity index (χ3v) is 4.44. The maximum Gasteiger partial charge on any atom is 0.182 e. The van der Waals surface area contributed by atoms with Crippen LogP contribution >= 0.6 is 12.4 Å². The standard InChI is InChI=1S/C19H16N2O.ClH/c1-13-15-4-2-3-5-16(15)17-7-6-14(10-18(13)17)19(22)11-21-9-8-20-12-21;/h2-10,12-13H,11H2,1H3;1H. The molecule has 0 radical (unpaired) electrons. The smallest absolute Gasteiger partial charge is 0.182 e. The van der Waals surface area contributed by atoms with Crippen LogP contribution in [-0.4, -0.2) is 15.3 Å². The van der Waals surface area contributed by atoms with Gasteiger partial charge in [-0.05, 0) is 28.3 Å². The van der Waals surface area contributed by atoms with Crippen LogP contribution < -0.4 is 0 Å². The number of imidazole rings is 1. The number of Topliss-reactive ketones (excluding diaryl/α,β-unsaturated/α-hetero) is 1. The number of fused-ring (bicyclic) bond motifs is 3. The minimum absolute atomic E-state index is 0. The Morgan fingerprint density at radius 1 is 1.13 bits per heavy atom. The SMILES string of the molecule is CC1c2ccccc2-c2ccc(C(=O)Cn3ccnc3)cc21.Cl. The predicted octanol–water partition coefficient (Wildman–Crippen LogP) is 4.32. The lowest BCUT2D eigenvalue weighted by Gasteiger charge is -2.08. The van der Waals surface area contributed by atoms with Crippen LogP contribution in [0.25, 0.3) is 11.1 Å². The zero-order valence-corrected chi connectivity index (χ0v) is 13.6. The Morgan fingerprint density at radius 2 is 1.91 bits per heavy atom. The van der Waals surface area contributed by atoms with Crippen LogP contribution in [0.5, 0.6) is 0 Å². The van der Waals surface area contributed by atoms with E-state index in [0.29, 0.717) is 12.5 Å². The maximum absolute atomic E-state index is 12.4. The second-order valence-electron chi connectivity index (χ2n) is 5.77. The van der Waals surface area contributed by atoms with Crippen LogP contribution in [-0.2, 0) is 6.54 Å². The molecule has 2 aromatic carbocycles. The van der Waals surface area contributed by atoms with Crippen LogP contribution in [0.2, 0.25) is 0 Å². The first kappa shape index (κ1) is 15.5. The molecule has 4 rings (SSSR count). The highest BCUT2D eigenvalue weighted by atomic mass is 35.5. The van der Waals surface area contributed by atoms with Gasteiger partial charge in [-0.2, -0.15) is 0 Å². The van der Waals surface area contributed by atoms with Crippen LogP contribution in [0.4, 0.5) is 0 Å². The minimum Gasteiger partial charge on any atom is -0.330 e. The van der Waals surface area contributed by atoms with Crippen molar-refractivity contribution in [1.29, 1.82) is 0 Å². The number of carbonyl (C=O) groups excluding carboxylic acids is 1. The van der Waals surface area contributed by atoms with Gasteiger partial charge in [0.1, 0.15) is 0 Å². The van der Waals surface area contributed by atoms with Gasteiger partial charge in [0, 0.05) is 23.9 Å². The summed E-state index contributed by atoms with van der Waals surface area (Å²) in [6.07, 6.45) is 5.17. The predicted molar refractivity (Wildman–Crippen MR) is 93.2 cm³/mol. The molecule has 0 N–H and O–H groups in total. The Kier molecular flexibility index (Phi) is 4.05. The quantitative estimate of drug-likeness (QED) is 0.672. The fourth-order valence-corrected chi connectivity index (χ4v) is 3.26. The highest BCUT2D eigenvalue weighted by molar-refractivity contribution is 5.97. The average Bonchev–Trinajstić information content (AvgIpc) is 3.15. The van der Waals surface area contributed by atoms with Crippen molar-refractivity contribution < 1.29 is 4.79 Å². The number of rotatable bonds is 3. The molecule has 23 heavy (non-hydrogen) atoms. The van der Waals surface area contributed by atoms with Crippen molar-refractivity contribution in [3.8, 4) is 11.1 Å². The van der Waals surface area contributed by atoms with Crippen molar-refractivity contribution in [3.63, 3.8) is 0 Å². The Bertz CT molecular complexity index is 856. The van der Waals surface area contributed by atoms with Gasteiger partial charge in [0.05, 0.1) is 12.9 Å². The highest BCUT2D eigenvalue weighted by Gasteiger charge is 2.25. The van der Waals surface area contributed by atoms with Crippen LogP contribution in [0.1, 0.15) is 34.3 Å². The van der Waals surface area contributed by atoms with Crippen molar-refractivity contribution >= 4 is 18.2 Å². The van der Waals surface area contributed by atoms with E-state index in [-0.39, 0.29) is 18.2 Å². The molecule has 1 heterocycles. The van der Waals surface area contributed by atoms with Gasteiger partial charge in [-0.15, -0.1) is 12.4 Å². The van der Waals surface area contributed by atoms with Crippen LogP contribution in [0.15, 0.2) is 61.2 Å². The Hall–Kier alpha value is -2.39. The first-order valence-corrected chi connectivity index (χ1v) is 7.46. The Balaban J connectivity index is 0.00000156. The molecule has 0 fully saturated rings. The molecule has 0 saturated carbocycles. The fourth-order valence-electron chi connectivity index (χ4n) is 3.26. The van der Waals surface area contributed by atoms with Crippen molar-refractivity contribution in [2.75, 3.05) is 0 Å². The van der Waals surface area contributed by atoms with Crippen molar-refractivity contribution in [2.45, 2.75) is 19.4 Å². The van der Waals surface area contributed by atoms with Gasteiger partial charge in [0.25, 0.3) is 0 Å². The summed E-state index contributed by atoms with van der Waals surface area (Å²) < 4.78 is 1.80. The molecule has 1 atom stereocenters. The second-order valence-corrected chi connectivity index (χ2v) is 5.77. The van der Waals surface area contributed by atoms with E-state index in [2.05, 4.69) is 48.3 Å². The van der Waals surface area contributed by atoms with E-state index in [1.165, 1.54) is 22.3 Å². The zero-order chi connectivity index (χ0) is 15.1. The van der Waals surface area contributed by atoms with E-state index in [4.69, 9.17) is 0 Å². The molecule has 1 aliphatic rings. The minimum atomic E-state index is 0. The molecule has 0 amide bonds. The topological polar surface area (TPSA) is 34.9 Å². The first-order chi connectivity index (χ1) is 10.7. The van der Waals surface area contributed by atoms with Gasteiger partial charge < -0.3 is 4.57 Å². The number of hydrogen-bond acceptors (Lipinski definition) is 2. The van der Waals surface area contributed by atoms with Gasteiger partial charge in [-0.3, -0.25) is 4.79 Å². The molecular formula is C19H17ClN2O. The lowest BCUT2D eigenvalue weighted by Crippen LogP contribution is -2.09. The second kappa shape index (κ2) is 6.01. The van der Waals surface area contributed by atoms with Crippen molar-refractivity contribution in [1.82, 2.24) is 9.55 Å². The van der Waals surface area contributed by atoms with Crippen molar-refractivity contribution in [3.05, 3.63) is 77.9 Å². The molecule has 0 spiro atoms. The van der Waals surface area contributed by atoms with E-state index in [1.807, 2.05) is 12.3 Å². The van der Waals surface area contributed by atoms with Crippen molar-refractivity contribution in [2.24, 2.45) is 0 Å². The number of aromatic nitrogens is 2. The number of carbonyl (C=O) groups is 1. The molecule has 116 valence electrons. The summed E-state index contributed by atoms with van der Waals surface area (Å²) in [6, 6.07) is 14.5. The number of ketones is 1. The molecule has 3 aromatic rings. The third kappa shape index (κ3) is 2.57. The number of benzene rings is 2. The van der Waals surface area contributed by atoms with Crippen LogP contribution in [0.3, 0.4) is 0 Å². The van der Waals surface area contributed by atoms with Gasteiger partial charge >= 0.3 is 0 Å². The van der Waals surface area contributed by atoms with E-state index in [0.717, 1.165) is 5.56 Å². The fraction of sp³-hybridized carbons (Fsp3) is 0.158. The average molecular weight is 325 g/mol. The number of halogens is 1. The molecule has 1 aromatic heterocycles. The van der Waals surface area contributed by atoms with E-state index in [1.54, 1.807) is 17.1 Å². The molecule has 0 saturated heterocycles. The van der Waals surface area contributed by atoms with Gasteiger partial charge in [0.2, 0.25) is 0 Å². The monoisotopic (exact) mass is 324 g/mol. The lowest BCUT2D eigenvalue weighted by molar-refractivity contribution is 0.0972.